The Morgan fingerprint density at radius 3 is 2.59 bits per heavy atom. The van der Waals surface area contributed by atoms with Gasteiger partial charge in [0.2, 0.25) is 10.0 Å². The summed E-state index contributed by atoms with van der Waals surface area (Å²) < 4.78 is 31.5. The van der Waals surface area contributed by atoms with E-state index in [1.54, 1.807) is 0 Å². The van der Waals surface area contributed by atoms with Crippen molar-refractivity contribution in [1.29, 1.82) is 0 Å². The summed E-state index contributed by atoms with van der Waals surface area (Å²) in [5, 5.41) is -0.419. The molecule has 94 valence electrons. The maximum atomic E-state index is 12.0. The van der Waals surface area contributed by atoms with Crippen LogP contribution in [0.2, 0.25) is 5.15 Å². The largest absolute Gasteiger partial charge is 0.381 e. The van der Waals surface area contributed by atoms with Crippen LogP contribution in [0.15, 0.2) is 12.4 Å². The zero-order chi connectivity index (χ0) is 12.3. The molecule has 1 N–H and O–H groups in total. The number of rotatable bonds is 3. The minimum absolute atomic E-state index is 0.0446. The lowest BCUT2D eigenvalue weighted by Crippen LogP contribution is -2.33. The Labute approximate surface area is 104 Å². The molecule has 0 aromatic carbocycles. The van der Waals surface area contributed by atoms with E-state index in [9.17, 15) is 8.42 Å². The molecule has 0 saturated carbocycles. The lowest BCUT2D eigenvalue weighted by molar-refractivity contribution is 0.0984. The van der Waals surface area contributed by atoms with Crippen molar-refractivity contribution in [2.24, 2.45) is 0 Å². The highest BCUT2D eigenvalue weighted by Crippen LogP contribution is 2.21. The molecule has 0 atom stereocenters. The van der Waals surface area contributed by atoms with Crippen LogP contribution in [0.3, 0.4) is 0 Å². The number of aromatic nitrogens is 2. The molecule has 1 saturated heterocycles. The maximum Gasteiger partial charge on any atom is 0.237 e. The van der Waals surface area contributed by atoms with Gasteiger partial charge in [0.1, 0.15) is 0 Å². The van der Waals surface area contributed by atoms with Gasteiger partial charge in [-0.3, -0.25) is 4.72 Å². The number of ether oxygens (including phenoxy) is 1. The highest BCUT2D eigenvalue weighted by molar-refractivity contribution is 7.93. The first kappa shape index (κ1) is 12.5. The van der Waals surface area contributed by atoms with E-state index >= 15 is 0 Å². The number of hydrogen-bond donors (Lipinski definition) is 1. The van der Waals surface area contributed by atoms with Crippen LogP contribution < -0.4 is 4.72 Å². The van der Waals surface area contributed by atoms with Gasteiger partial charge in [0.05, 0.1) is 5.25 Å². The molecule has 0 bridgehead atoms. The quantitative estimate of drug-likeness (QED) is 0.893. The van der Waals surface area contributed by atoms with E-state index in [0.717, 1.165) is 0 Å². The number of sulfonamides is 1. The van der Waals surface area contributed by atoms with Gasteiger partial charge in [-0.05, 0) is 12.8 Å². The zero-order valence-electron chi connectivity index (χ0n) is 8.97. The van der Waals surface area contributed by atoms with E-state index in [-0.39, 0.29) is 11.0 Å². The van der Waals surface area contributed by atoms with Gasteiger partial charge in [-0.25, -0.2) is 18.4 Å². The van der Waals surface area contributed by atoms with Crippen LogP contribution in [0, 0.1) is 0 Å². The molecule has 1 aliphatic heterocycles. The molecule has 0 unspecified atom stereocenters. The Balaban J connectivity index is 2.14. The van der Waals surface area contributed by atoms with E-state index in [0.29, 0.717) is 26.1 Å². The Bertz CT molecular complexity index is 488. The molecule has 1 aromatic heterocycles. The molecule has 1 aromatic rings. The number of hydrogen-bond acceptors (Lipinski definition) is 5. The lowest BCUT2D eigenvalue weighted by atomic mass is 10.2. The zero-order valence-corrected chi connectivity index (χ0v) is 10.5. The second-order valence-electron chi connectivity index (χ2n) is 3.65. The summed E-state index contributed by atoms with van der Waals surface area (Å²) in [6.45, 7) is 0.916. The molecule has 0 amide bonds. The Morgan fingerprint density at radius 1 is 1.29 bits per heavy atom. The molecule has 0 spiro atoms. The average molecular weight is 278 g/mol. The van der Waals surface area contributed by atoms with Crippen molar-refractivity contribution in [2.75, 3.05) is 17.9 Å². The molecule has 17 heavy (non-hydrogen) atoms. The number of nitrogens with zero attached hydrogens (tertiary/aromatic N) is 2. The van der Waals surface area contributed by atoms with Crippen molar-refractivity contribution in [1.82, 2.24) is 9.97 Å². The van der Waals surface area contributed by atoms with Gasteiger partial charge in [0, 0.05) is 25.6 Å². The second-order valence-corrected chi connectivity index (χ2v) is 5.97. The SMILES string of the molecule is O=S(=O)(Nc1nccnc1Cl)C1CCOCC1. The molecule has 1 aliphatic rings. The lowest BCUT2D eigenvalue weighted by Gasteiger charge is -2.22. The smallest absolute Gasteiger partial charge is 0.237 e. The molecular formula is C9H12ClN3O3S. The summed E-state index contributed by atoms with van der Waals surface area (Å²) in [4.78, 5) is 7.60. The van der Waals surface area contributed by atoms with Crippen LogP contribution in [0.1, 0.15) is 12.8 Å². The van der Waals surface area contributed by atoms with Crippen LogP contribution in [0.25, 0.3) is 0 Å². The van der Waals surface area contributed by atoms with E-state index in [1.807, 2.05) is 0 Å². The predicted molar refractivity (Wildman–Crippen MR) is 63.4 cm³/mol. The van der Waals surface area contributed by atoms with Crippen molar-refractivity contribution in [3.8, 4) is 0 Å². The highest BCUT2D eigenvalue weighted by Gasteiger charge is 2.28. The van der Waals surface area contributed by atoms with Gasteiger partial charge < -0.3 is 4.74 Å². The first-order valence-electron chi connectivity index (χ1n) is 5.15. The van der Waals surface area contributed by atoms with Crippen molar-refractivity contribution >= 4 is 27.4 Å². The van der Waals surface area contributed by atoms with Crippen LogP contribution in [0.4, 0.5) is 5.82 Å². The van der Waals surface area contributed by atoms with E-state index in [4.69, 9.17) is 16.3 Å². The van der Waals surface area contributed by atoms with Crippen molar-refractivity contribution in [3.05, 3.63) is 17.5 Å². The third-order valence-electron chi connectivity index (χ3n) is 2.50. The fraction of sp³-hybridized carbons (Fsp3) is 0.556. The molecular weight excluding hydrogens is 266 g/mol. The van der Waals surface area contributed by atoms with Gasteiger partial charge in [-0.2, -0.15) is 0 Å². The number of halogens is 1. The number of nitrogens with one attached hydrogen (secondary N) is 1. The van der Waals surface area contributed by atoms with Gasteiger partial charge in [-0.1, -0.05) is 11.6 Å². The fourth-order valence-electron chi connectivity index (χ4n) is 1.59. The minimum atomic E-state index is -3.48. The van der Waals surface area contributed by atoms with Gasteiger partial charge in [0.15, 0.2) is 11.0 Å². The summed E-state index contributed by atoms with van der Waals surface area (Å²) in [6.07, 6.45) is 3.74. The summed E-state index contributed by atoms with van der Waals surface area (Å²) in [5.74, 6) is 0.0701. The third-order valence-corrected chi connectivity index (χ3v) is 4.60. The number of anilines is 1. The van der Waals surface area contributed by atoms with Gasteiger partial charge in [-0.15, -0.1) is 0 Å². The topological polar surface area (TPSA) is 81.2 Å². The normalized spacial score (nSPS) is 17.9. The molecule has 2 heterocycles. The Kier molecular flexibility index (Phi) is 3.80. The third kappa shape index (κ3) is 3.05. The molecule has 8 heteroatoms. The van der Waals surface area contributed by atoms with Crippen LogP contribution in [0.5, 0.6) is 0 Å². The average Bonchev–Trinajstić information content (AvgIpc) is 2.33. The first-order valence-corrected chi connectivity index (χ1v) is 7.08. The van der Waals surface area contributed by atoms with E-state index < -0.39 is 15.3 Å². The van der Waals surface area contributed by atoms with Gasteiger partial charge >= 0.3 is 0 Å². The Morgan fingerprint density at radius 2 is 1.94 bits per heavy atom. The molecule has 2 rings (SSSR count). The predicted octanol–water partition coefficient (Wildman–Crippen LogP) is 1.05. The van der Waals surface area contributed by atoms with Gasteiger partial charge in [0.25, 0.3) is 0 Å². The molecule has 1 fully saturated rings. The Hall–Kier alpha value is -0.920. The highest BCUT2D eigenvalue weighted by atomic mass is 35.5. The fourth-order valence-corrected chi connectivity index (χ4v) is 3.20. The van der Waals surface area contributed by atoms with Crippen LogP contribution in [-0.4, -0.2) is 36.8 Å². The van der Waals surface area contributed by atoms with E-state index in [1.165, 1.54) is 12.4 Å². The molecule has 0 aliphatic carbocycles. The van der Waals surface area contributed by atoms with Crippen molar-refractivity contribution in [3.63, 3.8) is 0 Å². The summed E-state index contributed by atoms with van der Waals surface area (Å²) in [7, 11) is -3.48. The summed E-state index contributed by atoms with van der Waals surface area (Å²) >= 11 is 5.74. The minimum Gasteiger partial charge on any atom is -0.381 e. The standard InChI is InChI=1S/C9H12ClN3O3S/c10-8-9(12-4-3-11-8)13-17(14,15)7-1-5-16-6-2-7/h3-4,7H,1-2,5-6H2,(H,12,13). The van der Waals surface area contributed by atoms with Crippen molar-refractivity contribution < 1.29 is 13.2 Å². The summed E-state index contributed by atoms with van der Waals surface area (Å²) in [5.41, 5.74) is 0. The van der Waals surface area contributed by atoms with Crippen molar-refractivity contribution in [2.45, 2.75) is 18.1 Å². The first-order chi connectivity index (χ1) is 8.09. The monoisotopic (exact) mass is 277 g/mol. The van der Waals surface area contributed by atoms with Crippen LogP contribution in [-0.2, 0) is 14.8 Å². The maximum absolute atomic E-state index is 12.0. The molecule has 0 radical (unpaired) electrons. The van der Waals surface area contributed by atoms with E-state index in [2.05, 4.69) is 14.7 Å². The van der Waals surface area contributed by atoms with Crippen LogP contribution >= 0.6 is 11.6 Å². The molecule has 6 nitrogen and oxygen atoms in total. The summed E-state index contributed by atoms with van der Waals surface area (Å²) in [6, 6.07) is 0. The second kappa shape index (κ2) is 5.16.